The topological polar surface area (TPSA) is 84.9 Å². The summed E-state index contributed by atoms with van der Waals surface area (Å²) < 4.78 is 0. The Bertz CT molecular complexity index is 604. The van der Waals surface area contributed by atoms with Gasteiger partial charge in [0.1, 0.15) is 0 Å². The average Bonchev–Trinajstić information content (AvgIpc) is 2.44. The van der Waals surface area contributed by atoms with Gasteiger partial charge in [-0.05, 0) is 63.7 Å². The summed E-state index contributed by atoms with van der Waals surface area (Å²) >= 11 is 0. The van der Waals surface area contributed by atoms with Gasteiger partial charge in [0.25, 0.3) is 0 Å². The van der Waals surface area contributed by atoms with Crippen LogP contribution in [0.1, 0.15) is 52.4 Å². The number of nitrogens with zero attached hydrogens (tertiary/aromatic N) is 2. The lowest BCUT2D eigenvalue weighted by molar-refractivity contribution is -0.133. The number of hydrogen-bond acceptors (Lipinski definition) is 3. The summed E-state index contributed by atoms with van der Waals surface area (Å²) in [6.07, 6.45) is 4.84. The molecule has 4 saturated carbocycles. The van der Waals surface area contributed by atoms with Crippen LogP contribution in [-0.4, -0.2) is 11.1 Å². The Morgan fingerprint density at radius 2 is 1.57 bits per heavy atom. The molecule has 4 heteroatoms. The van der Waals surface area contributed by atoms with Crippen LogP contribution in [0.15, 0.2) is 11.1 Å². The summed E-state index contributed by atoms with van der Waals surface area (Å²) in [5.74, 6) is -0.502. The molecule has 0 aromatic carbocycles. The molecule has 0 aromatic heterocycles. The fourth-order valence-corrected chi connectivity index (χ4v) is 5.66. The van der Waals surface area contributed by atoms with E-state index in [0.29, 0.717) is 17.9 Å². The monoisotopic (exact) mass is 284 g/mol. The highest BCUT2D eigenvalue weighted by molar-refractivity contribution is 5.87. The molecule has 0 radical (unpaired) electrons. The molecule has 0 saturated heterocycles. The summed E-state index contributed by atoms with van der Waals surface area (Å²) in [6.45, 7) is 3.54. The van der Waals surface area contributed by atoms with Gasteiger partial charge in [0, 0.05) is 5.57 Å². The van der Waals surface area contributed by atoms with E-state index >= 15 is 0 Å². The smallest absolute Gasteiger partial charge is 0.331 e. The first-order valence-electron chi connectivity index (χ1n) is 7.53. The quantitative estimate of drug-likeness (QED) is 0.787. The van der Waals surface area contributed by atoms with E-state index < -0.39 is 16.8 Å². The van der Waals surface area contributed by atoms with Crippen molar-refractivity contribution < 1.29 is 9.90 Å². The molecule has 1 N–H and O–H groups in total. The third-order valence-corrected chi connectivity index (χ3v) is 6.22. The van der Waals surface area contributed by atoms with E-state index in [2.05, 4.69) is 12.1 Å². The van der Waals surface area contributed by atoms with Crippen LogP contribution in [0, 0.1) is 44.8 Å². The van der Waals surface area contributed by atoms with E-state index in [1.165, 1.54) is 0 Å². The van der Waals surface area contributed by atoms with E-state index in [9.17, 15) is 20.4 Å². The predicted octanol–water partition coefficient (Wildman–Crippen LogP) is 3.41. The lowest BCUT2D eigenvalue weighted by atomic mass is 9.39. The van der Waals surface area contributed by atoms with Crippen LogP contribution in [0.5, 0.6) is 0 Å². The Morgan fingerprint density at radius 3 is 2.00 bits per heavy atom. The van der Waals surface area contributed by atoms with Crippen molar-refractivity contribution in [3.63, 3.8) is 0 Å². The minimum absolute atomic E-state index is 0.257. The predicted molar refractivity (Wildman–Crippen MR) is 75.7 cm³/mol. The van der Waals surface area contributed by atoms with Crippen LogP contribution in [0.2, 0.25) is 0 Å². The number of aliphatic carboxylic acids is 1. The SMILES string of the molecule is CC(C(=O)O)=C(C)C12CC3CC(C#N)(CC(C#N)(C3)C1)C2. The van der Waals surface area contributed by atoms with Crippen molar-refractivity contribution >= 4 is 5.97 Å². The van der Waals surface area contributed by atoms with Crippen molar-refractivity contribution in [2.24, 2.45) is 22.2 Å². The molecule has 2 atom stereocenters. The maximum absolute atomic E-state index is 11.3. The number of rotatable bonds is 2. The summed E-state index contributed by atoms with van der Waals surface area (Å²) in [7, 11) is 0. The number of nitriles is 2. The molecule has 4 aliphatic carbocycles. The van der Waals surface area contributed by atoms with Gasteiger partial charge in [-0.2, -0.15) is 10.5 Å². The van der Waals surface area contributed by atoms with E-state index in [-0.39, 0.29) is 5.41 Å². The molecule has 21 heavy (non-hydrogen) atoms. The van der Waals surface area contributed by atoms with Gasteiger partial charge < -0.3 is 5.11 Å². The van der Waals surface area contributed by atoms with Crippen molar-refractivity contribution in [1.82, 2.24) is 0 Å². The van der Waals surface area contributed by atoms with E-state index in [1.807, 2.05) is 6.92 Å². The molecule has 0 heterocycles. The minimum atomic E-state index is -0.889. The van der Waals surface area contributed by atoms with Gasteiger partial charge >= 0.3 is 5.97 Å². The Balaban J connectivity index is 2.13. The first kappa shape index (κ1) is 14.1. The molecule has 0 aliphatic heterocycles. The maximum Gasteiger partial charge on any atom is 0.331 e. The summed E-state index contributed by atoms with van der Waals surface area (Å²) in [4.78, 5) is 11.3. The second kappa shape index (κ2) is 4.10. The normalized spacial score (nSPS) is 44.7. The average molecular weight is 284 g/mol. The van der Waals surface area contributed by atoms with Crippen LogP contribution in [0.25, 0.3) is 0 Å². The van der Waals surface area contributed by atoms with Gasteiger partial charge in [0.2, 0.25) is 0 Å². The van der Waals surface area contributed by atoms with Gasteiger partial charge in [-0.15, -0.1) is 0 Å². The molecule has 4 nitrogen and oxygen atoms in total. The third-order valence-electron chi connectivity index (χ3n) is 6.22. The Morgan fingerprint density at radius 1 is 1.05 bits per heavy atom. The molecule has 4 aliphatic rings. The number of carbonyl (C=O) groups is 1. The second-order valence-electron chi connectivity index (χ2n) is 7.63. The number of hydrogen-bond donors (Lipinski definition) is 1. The lowest BCUT2D eigenvalue weighted by Gasteiger charge is -2.63. The molecule has 4 fully saturated rings. The van der Waals surface area contributed by atoms with Crippen molar-refractivity contribution in [3.8, 4) is 12.1 Å². The van der Waals surface area contributed by atoms with Gasteiger partial charge in [-0.1, -0.05) is 5.57 Å². The Hall–Kier alpha value is -1.81. The van der Waals surface area contributed by atoms with Gasteiger partial charge in [-0.3, -0.25) is 0 Å². The molecule has 2 unspecified atom stereocenters. The van der Waals surface area contributed by atoms with Crippen LogP contribution in [-0.2, 0) is 4.79 Å². The van der Waals surface area contributed by atoms with E-state index in [4.69, 9.17) is 0 Å². The van der Waals surface area contributed by atoms with Crippen LogP contribution >= 0.6 is 0 Å². The highest BCUT2D eigenvalue weighted by Crippen LogP contribution is 2.71. The second-order valence-corrected chi connectivity index (χ2v) is 7.63. The molecule has 4 rings (SSSR count). The molecule has 110 valence electrons. The first-order chi connectivity index (χ1) is 9.79. The molecular weight excluding hydrogens is 264 g/mol. The zero-order chi connectivity index (χ0) is 15.5. The minimum Gasteiger partial charge on any atom is -0.478 e. The zero-order valence-corrected chi connectivity index (χ0v) is 12.6. The lowest BCUT2D eigenvalue weighted by Crippen LogP contribution is -2.56. The maximum atomic E-state index is 11.3. The van der Waals surface area contributed by atoms with Crippen molar-refractivity contribution in [2.75, 3.05) is 0 Å². The molecule has 0 amide bonds. The van der Waals surface area contributed by atoms with Crippen molar-refractivity contribution in [3.05, 3.63) is 11.1 Å². The van der Waals surface area contributed by atoms with Gasteiger partial charge in [0.05, 0.1) is 23.0 Å². The third kappa shape index (κ3) is 1.82. The van der Waals surface area contributed by atoms with Gasteiger partial charge in [-0.25, -0.2) is 4.79 Å². The largest absolute Gasteiger partial charge is 0.478 e. The van der Waals surface area contributed by atoms with Gasteiger partial charge in [0.15, 0.2) is 0 Å². The molecule has 4 bridgehead atoms. The van der Waals surface area contributed by atoms with Crippen LogP contribution < -0.4 is 0 Å². The fourth-order valence-electron chi connectivity index (χ4n) is 5.66. The number of allylic oxidation sites excluding steroid dienone is 1. The zero-order valence-electron chi connectivity index (χ0n) is 12.6. The van der Waals surface area contributed by atoms with E-state index in [0.717, 1.165) is 37.7 Å². The highest BCUT2D eigenvalue weighted by atomic mass is 16.4. The van der Waals surface area contributed by atoms with Crippen LogP contribution in [0.3, 0.4) is 0 Å². The standard InChI is InChI=1S/C17H20N2O2/c1-11(14(20)21)12(2)17-5-13-3-15(7-17,9-18)6-16(4-13,8-17)10-19/h13H,3-8H2,1-2H3,(H,20,21). The summed E-state index contributed by atoms with van der Waals surface area (Å²) in [5, 5.41) is 28.7. The first-order valence-corrected chi connectivity index (χ1v) is 7.53. The number of carboxylic acids is 1. The molecule has 0 spiro atoms. The highest BCUT2D eigenvalue weighted by Gasteiger charge is 2.64. The molecular formula is C17H20N2O2. The Kier molecular flexibility index (Phi) is 2.76. The Labute approximate surface area is 125 Å². The summed E-state index contributed by atoms with van der Waals surface area (Å²) in [5.41, 5.74) is 0.175. The van der Waals surface area contributed by atoms with Crippen LogP contribution in [0.4, 0.5) is 0 Å². The number of carboxylic acid groups (broad SMARTS) is 1. The fraction of sp³-hybridized carbons (Fsp3) is 0.706. The summed E-state index contributed by atoms with van der Waals surface area (Å²) in [6, 6.07) is 4.99. The molecule has 0 aromatic rings. The van der Waals surface area contributed by atoms with Crippen molar-refractivity contribution in [2.45, 2.75) is 52.4 Å². The van der Waals surface area contributed by atoms with Crippen molar-refractivity contribution in [1.29, 1.82) is 10.5 Å². The van der Waals surface area contributed by atoms with E-state index in [1.54, 1.807) is 6.92 Å².